The Labute approximate surface area is 156 Å². The number of nitrogens with zero attached hydrogens (tertiary/aromatic N) is 2. The summed E-state index contributed by atoms with van der Waals surface area (Å²) in [5, 5.41) is 11.7. The molecule has 0 fully saturated rings. The molecule has 1 aromatic carbocycles. The Morgan fingerprint density at radius 3 is 2.62 bits per heavy atom. The summed E-state index contributed by atoms with van der Waals surface area (Å²) in [6.07, 6.45) is 1.64. The summed E-state index contributed by atoms with van der Waals surface area (Å²) in [6, 6.07) is 16.8. The van der Waals surface area contributed by atoms with Crippen LogP contribution in [0.5, 0.6) is 0 Å². The Morgan fingerprint density at radius 2 is 2.00 bits per heavy atom. The van der Waals surface area contributed by atoms with Crippen LogP contribution in [0.15, 0.2) is 59.2 Å². The summed E-state index contributed by atoms with van der Waals surface area (Å²) in [5.74, 6) is 0.721. The molecule has 132 valence electrons. The molecule has 0 unspecified atom stereocenters. The van der Waals surface area contributed by atoms with Gasteiger partial charge in [-0.25, -0.2) is 0 Å². The maximum Gasteiger partial charge on any atom is 0.238 e. The fraction of sp³-hybridized carbons (Fsp3) is 0.200. The average molecular weight is 365 g/mol. The van der Waals surface area contributed by atoms with Crippen LogP contribution in [0.1, 0.15) is 21.1 Å². The second-order valence-corrected chi connectivity index (χ2v) is 7.35. The number of carbonyl (C=O) groups excluding carboxylic acids is 1. The van der Waals surface area contributed by atoms with Gasteiger partial charge in [0.25, 0.3) is 0 Å². The van der Waals surface area contributed by atoms with Crippen LogP contribution in [0.25, 0.3) is 0 Å². The lowest BCUT2D eigenvalue weighted by Gasteiger charge is -2.20. The normalized spacial score (nSPS) is 10.7. The van der Waals surface area contributed by atoms with Crippen LogP contribution < -0.4 is 5.32 Å². The summed E-state index contributed by atoms with van der Waals surface area (Å²) in [7, 11) is 0. The maximum absolute atomic E-state index is 12.5. The molecule has 0 aliphatic rings. The highest BCUT2D eigenvalue weighted by Gasteiger charge is 2.14. The minimum absolute atomic E-state index is 0.102. The van der Waals surface area contributed by atoms with Crippen molar-refractivity contribution >= 4 is 22.9 Å². The number of furan rings is 1. The monoisotopic (exact) mass is 365 g/mol. The van der Waals surface area contributed by atoms with E-state index in [9.17, 15) is 4.79 Å². The zero-order chi connectivity index (χ0) is 18.4. The number of anilines is 1. The molecule has 0 spiro atoms. The van der Waals surface area contributed by atoms with Crippen molar-refractivity contribution in [2.24, 2.45) is 0 Å². The molecular weight excluding hydrogens is 346 g/mol. The van der Waals surface area contributed by atoms with Crippen molar-refractivity contribution in [3.63, 3.8) is 0 Å². The van der Waals surface area contributed by atoms with Gasteiger partial charge >= 0.3 is 0 Å². The van der Waals surface area contributed by atoms with Crippen LogP contribution in [0, 0.1) is 18.3 Å². The lowest BCUT2D eigenvalue weighted by Crippen LogP contribution is -2.32. The van der Waals surface area contributed by atoms with E-state index in [1.54, 1.807) is 41.9 Å². The maximum atomic E-state index is 12.5. The summed E-state index contributed by atoms with van der Waals surface area (Å²) in [6.45, 7) is 3.56. The molecule has 26 heavy (non-hydrogen) atoms. The highest BCUT2D eigenvalue weighted by molar-refractivity contribution is 7.11. The van der Waals surface area contributed by atoms with Gasteiger partial charge in [-0.2, -0.15) is 5.26 Å². The number of nitrogens with one attached hydrogen (secondary N) is 1. The fourth-order valence-electron chi connectivity index (χ4n) is 2.61. The zero-order valence-corrected chi connectivity index (χ0v) is 15.3. The molecule has 0 bridgehead atoms. The van der Waals surface area contributed by atoms with Gasteiger partial charge in [0.1, 0.15) is 5.76 Å². The lowest BCUT2D eigenvalue weighted by atomic mass is 10.2. The van der Waals surface area contributed by atoms with E-state index in [0.717, 1.165) is 5.76 Å². The summed E-state index contributed by atoms with van der Waals surface area (Å²) >= 11 is 1.73. The molecule has 5 nitrogen and oxygen atoms in total. The van der Waals surface area contributed by atoms with E-state index in [0.29, 0.717) is 24.3 Å². The summed E-state index contributed by atoms with van der Waals surface area (Å²) in [4.78, 5) is 17.0. The number of rotatable bonds is 7. The minimum Gasteiger partial charge on any atom is -0.468 e. The molecule has 1 N–H and O–H groups in total. The number of benzene rings is 1. The van der Waals surface area contributed by atoms with Crippen molar-refractivity contribution in [3.8, 4) is 6.07 Å². The smallest absolute Gasteiger partial charge is 0.238 e. The highest BCUT2D eigenvalue weighted by atomic mass is 32.1. The number of hydrogen-bond acceptors (Lipinski definition) is 5. The molecule has 0 atom stereocenters. The van der Waals surface area contributed by atoms with E-state index in [2.05, 4.69) is 30.4 Å². The largest absolute Gasteiger partial charge is 0.468 e. The third-order valence-corrected chi connectivity index (χ3v) is 4.79. The van der Waals surface area contributed by atoms with Gasteiger partial charge in [-0.1, -0.05) is 0 Å². The Hall–Kier alpha value is -2.88. The van der Waals surface area contributed by atoms with Crippen LogP contribution in [0.2, 0.25) is 0 Å². The molecule has 2 heterocycles. The number of thiophene rings is 1. The van der Waals surface area contributed by atoms with Gasteiger partial charge in [0.15, 0.2) is 0 Å². The Balaban J connectivity index is 1.65. The second-order valence-electron chi connectivity index (χ2n) is 5.97. The van der Waals surface area contributed by atoms with E-state index in [-0.39, 0.29) is 12.5 Å². The fourth-order valence-corrected chi connectivity index (χ4v) is 3.55. The Kier molecular flexibility index (Phi) is 5.84. The molecule has 2 aromatic heterocycles. The molecular formula is C20H19N3O2S. The molecule has 0 aliphatic heterocycles. The molecule has 0 saturated heterocycles. The van der Waals surface area contributed by atoms with E-state index >= 15 is 0 Å². The number of hydrogen-bond donors (Lipinski definition) is 1. The van der Waals surface area contributed by atoms with E-state index in [1.807, 2.05) is 17.0 Å². The van der Waals surface area contributed by atoms with Crippen LogP contribution in [0.3, 0.4) is 0 Å². The van der Waals surface area contributed by atoms with Gasteiger partial charge in [-0.3, -0.25) is 9.69 Å². The molecule has 3 aromatic rings. The van der Waals surface area contributed by atoms with Gasteiger partial charge < -0.3 is 9.73 Å². The van der Waals surface area contributed by atoms with Gasteiger partial charge in [0.05, 0.1) is 31.0 Å². The van der Waals surface area contributed by atoms with Crippen molar-refractivity contribution in [2.45, 2.75) is 20.0 Å². The summed E-state index contributed by atoms with van der Waals surface area (Å²) < 4.78 is 5.43. The topological polar surface area (TPSA) is 69.3 Å². The van der Waals surface area contributed by atoms with Crippen LogP contribution in [0.4, 0.5) is 5.69 Å². The van der Waals surface area contributed by atoms with Crippen LogP contribution in [-0.2, 0) is 17.9 Å². The number of carbonyl (C=O) groups is 1. The van der Waals surface area contributed by atoms with Crippen molar-refractivity contribution in [1.29, 1.82) is 5.26 Å². The standard InChI is InChI=1S/C20H19N3O2S/c1-15-4-9-19(26-15)13-23(12-18-3-2-10-25-18)14-20(24)22-17-7-5-16(11-21)6-8-17/h2-10H,12-14H2,1H3,(H,22,24). The quantitative estimate of drug-likeness (QED) is 0.682. The summed E-state index contributed by atoms with van der Waals surface area (Å²) in [5.41, 5.74) is 1.24. The average Bonchev–Trinajstić information content (AvgIpc) is 3.27. The first-order chi connectivity index (χ1) is 12.6. The van der Waals surface area contributed by atoms with Crippen LogP contribution >= 0.6 is 11.3 Å². The predicted molar refractivity (Wildman–Crippen MR) is 102 cm³/mol. The van der Waals surface area contributed by atoms with Crippen molar-refractivity contribution < 1.29 is 9.21 Å². The Morgan fingerprint density at radius 1 is 1.19 bits per heavy atom. The Bertz CT molecular complexity index is 892. The van der Waals surface area contributed by atoms with E-state index < -0.39 is 0 Å². The third kappa shape index (κ3) is 5.06. The number of amides is 1. The first-order valence-electron chi connectivity index (χ1n) is 8.22. The number of nitriles is 1. The van der Waals surface area contributed by atoms with Crippen LogP contribution in [-0.4, -0.2) is 17.4 Å². The SMILES string of the molecule is Cc1ccc(CN(CC(=O)Nc2ccc(C#N)cc2)Cc2ccco2)s1. The van der Waals surface area contributed by atoms with Gasteiger partial charge in [-0.05, 0) is 55.5 Å². The van der Waals surface area contributed by atoms with E-state index in [4.69, 9.17) is 9.68 Å². The third-order valence-electron chi connectivity index (χ3n) is 3.80. The van der Waals surface area contributed by atoms with Gasteiger partial charge in [-0.15, -0.1) is 11.3 Å². The number of aryl methyl sites for hydroxylation is 1. The van der Waals surface area contributed by atoms with E-state index in [1.165, 1.54) is 9.75 Å². The lowest BCUT2D eigenvalue weighted by molar-refractivity contribution is -0.117. The zero-order valence-electron chi connectivity index (χ0n) is 14.4. The van der Waals surface area contributed by atoms with Crippen molar-refractivity contribution in [1.82, 2.24) is 4.90 Å². The molecule has 1 amide bonds. The predicted octanol–water partition coefficient (Wildman–Crippen LogP) is 4.16. The second kappa shape index (κ2) is 8.48. The first kappa shape index (κ1) is 17.9. The van der Waals surface area contributed by atoms with Gasteiger partial charge in [0, 0.05) is 22.0 Å². The first-order valence-corrected chi connectivity index (χ1v) is 9.04. The minimum atomic E-state index is -0.102. The molecule has 0 saturated carbocycles. The van der Waals surface area contributed by atoms with Gasteiger partial charge in [0.2, 0.25) is 5.91 Å². The molecule has 0 radical (unpaired) electrons. The molecule has 6 heteroatoms. The molecule has 3 rings (SSSR count). The highest BCUT2D eigenvalue weighted by Crippen LogP contribution is 2.19. The van der Waals surface area contributed by atoms with Crippen molar-refractivity contribution in [3.05, 3.63) is 75.9 Å². The molecule has 0 aliphatic carbocycles. The van der Waals surface area contributed by atoms with Crippen molar-refractivity contribution in [2.75, 3.05) is 11.9 Å².